The van der Waals surface area contributed by atoms with Gasteiger partial charge in [0.2, 0.25) is 0 Å². The van der Waals surface area contributed by atoms with E-state index in [1.54, 1.807) is 54.6 Å². The van der Waals surface area contributed by atoms with Crippen molar-refractivity contribution in [2.75, 3.05) is 10.8 Å². The molecule has 0 spiro atoms. The van der Waals surface area contributed by atoms with Crippen LogP contribution in [0.4, 0.5) is 10.1 Å². The van der Waals surface area contributed by atoms with Crippen molar-refractivity contribution in [1.82, 2.24) is 9.99 Å². The van der Waals surface area contributed by atoms with Gasteiger partial charge in [-0.3, -0.25) is 9.10 Å². The Balaban J connectivity index is 1.53. The summed E-state index contributed by atoms with van der Waals surface area (Å²) < 4.78 is 43.8. The van der Waals surface area contributed by atoms with E-state index >= 15 is 0 Å². The molecule has 0 atom stereocenters. The first kappa shape index (κ1) is 26.3. The summed E-state index contributed by atoms with van der Waals surface area (Å²) in [6.07, 6.45) is 1.50. The lowest BCUT2D eigenvalue weighted by atomic mass is 10.2. The van der Waals surface area contributed by atoms with Crippen molar-refractivity contribution >= 4 is 43.8 Å². The van der Waals surface area contributed by atoms with Crippen LogP contribution in [0.2, 0.25) is 0 Å². The maximum absolute atomic E-state index is 13.4. The Kier molecular flexibility index (Phi) is 7.89. The van der Waals surface area contributed by atoms with Crippen LogP contribution in [0.15, 0.2) is 99.4 Å². The molecule has 0 saturated heterocycles. The first-order valence-electron chi connectivity index (χ1n) is 11.3. The lowest BCUT2D eigenvalue weighted by Gasteiger charge is -2.23. The van der Waals surface area contributed by atoms with Crippen LogP contribution in [-0.4, -0.2) is 31.7 Å². The number of rotatable bonds is 8. The Bertz CT molecular complexity index is 1540. The second kappa shape index (κ2) is 11.1. The van der Waals surface area contributed by atoms with Gasteiger partial charge in [0, 0.05) is 27.1 Å². The Labute approximate surface area is 223 Å². The SMILES string of the molecule is Cc1cc(/C=N/NC(=O)CN(c2ccc(Br)cc2)S(=O)(=O)c2ccccc2)c(C)n1-c1ccc(F)cc1. The molecule has 190 valence electrons. The minimum atomic E-state index is -4.01. The van der Waals surface area contributed by atoms with Crippen molar-refractivity contribution in [3.63, 3.8) is 0 Å². The molecule has 0 aliphatic heterocycles. The highest BCUT2D eigenvalue weighted by atomic mass is 79.9. The Morgan fingerprint density at radius 1 is 1.03 bits per heavy atom. The molecular formula is C27H24BrFN4O3S. The van der Waals surface area contributed by atoms with Crippen LogP contribution in [0.3, 0.4) is 0 Å². The molecule has 7 nitrogen and oxygen atoms in total. The van der Waals surface area contributed by atoms with Gasteiger partial charge in [0.1, 0.15) is 12.4 Å². The number of anilines is 1. The third-order valence-corrected chi connectivity index (χ3v) is 8.00. The summed E-state index contributed by atoms with van der Waals surface area (Å²) in [6, 6.07) is 22.6. The van der Waals surface area contributed by atoms with E-state index < -0.39 is 22.5 Å². The number of aryl methyl sites for hydroxylation is 1. The molecule has 0 aliphatic carbocycles. The van der Waals surface area contributed by atoms with Gasteiger partial charge in [-0.2, -0.15) is 5.10 Å². The highest BCUT2D eigenvalue weighted by Gasteiger charge is 2.27. The number of carbonyl (C=O) groups excluding carboxylic acids is 1. The van der Waals surface area contributed by atoms with E-state index in [4.69, 9.17) is 0 Å². The third-order valence-electron chi connectivity index (χ3n) is 5.68. The molecule has 4 rings (SSSR count). The zero-order valence-corrected chi connectivity index (χ0v) is 22.5. The number of halogens is 2. The predicted molar refractivity (Wildman–Crippen MR) is 146 cm³/mol. The van der Waals surface area contributed by atoms with Gasteiger partial charge in [0.25, 0.3) is 15.9 Å². The van der Waals surface area contributed by atoms with Gasteiger partial charge in [0.05, 0.1) is 16.8 Å². The van der Waals surface area contributed by atoms with Crippen molar-refractivity contribution in [1.29, 1.82) is 0 Å². The molecule has 0 unspecified atom stereocenters. The van der Waals surface area contributed by atoms with E-state index in [0.717, 1.165) is 31.4 Å². The van der Waals surface area contributed by atoms with Crippen molar-refractivity contribution in [2.24, 2.45) is 5.10 Å². The summed E-state index contributed by atoms with van der Waals surface area (Å²) in [5.74, 6) is -0.923. The largest absolute Gasteiger partial charge is 0.318 e. The summed E-state index contributed by atoms with van der Waals surface area (Å²) in [5.41, 5.74) is 6.08. The van der Waals surface area contributed by atoms with Gasteiger partial charge < -0.3 is 4.57 Å². The molecule has 1 heterocycles. The lowest BCUT2D eigenvalue weighted by molar-refractivity contribution is -0.119. The fourth-order valence-electron chi connectivity index (χ4n) is 3.89. The van der Waals surface area contributed by atoms with Crippen LogP contribution in [0.25, 0.3) is 5.69 Å². The summed E-state index contributed by atoms with van der Waals surface area (Å²) >= 11 is 3.34. The zero-order chi connectivity index (χ0) is 26.6. The number of nitrogens with zero attached hydrogens (tertiary/aromatic N) is 3. The molecule has 37 heavy (non-hydrogen) atoms. The van der Waals surface area contributed by atoms with Crippen LogP contribution in [0.5, 0.6) is 0 Å². The monoisotopic (exact) mass is 582 g/mol. The molecule has 1 N–H and O–H groups in total. The third kappa shape index (κ3) is 5.98. The number of nitrogens with one attached hydrogen (secondary N) is 1. The first-order chi connectivity index (χ1) is 17.7. The van der Waals surface area contributed by atoms with E-state index in [2.05, 4.69) is 26.5 Å². The predicted octanol–water partition coefficient (Wildman–Crippen LogP) is 5.34. The maximum atomic E-state index is 13.4. The quantitative estimate of drug-likeness (QED) is 0.225. The van der Waals surface area contributed by atoms with Crippen LogP contribution in [-0.2, 0) is 14.8 Å². The van der Waals surface area contributed by atoms with Crippen LogP contribution in [0, 0.1) is 19.7 Å². The summed E-state index contributed by atoms with van der Waals surface area (Å²) in [4.78, 5) is 12.9. The first-order valence-corrected chi connectivity index (χ1v) is 13.5. The van der Waals surface area contributed by atoms with E-state index in [9.17, 15) is 17.6 Å². The van der Waals surface area contributed by atoms with E-state index in [1.165, 1.54) is 30.5 Å². The molecule has 0 saturated carbocycles. The fourth-order valence-corrected chi connectivity index (χ4v) is 5.59. The minimum Gasteiger partial charge on any atom is -0.318 e. The lowest BCUT2D eigenvalue weighted by Crippen LogP contribution is -2.39. The van der Waals surface area contributed by atoms with Crippen molar-refractivity contribution < 1.29 is 17.6 Å². The highest BCUT2D eigenvalue weighted by molar-refractivity contribution is 9.10. The van der Waals surface area contributed by atoms with Crippen LogP contribution in [0.1, 0.15) is 17.0 Å². The van der Waals surface area contributed by atoms with Crippen molar-refractivity contribution in [3.8, 4) is 5.69 Å². The van der Waals surface area contributed by atoms with Crippen LogP contribution >= 0.6 is 15.9 Å². The molecule has 3 aromatic carbocycles. The molecule has 1 amide bonds. The fraction of sp³-hybridized carbons (Fsp3) is 0.111. The number of hydrogen-bond donors (Lipinski definition) is 1. The molecule has 0 radical (unpaired) electrons. The number of hydrogen-bond acceptors (Lipinski definition) is 4. The van der Waals surface area contributed by atoms with E-state index in [1.807, 2.05) is 24.5 Å². The molecular weight excluding hydrogens is 559 g/mol. The van der Waals surface area contributed by atoms with Gasteiger partial charge >= 0.3 is 0 Å². The molecule has 0 fully saturated rings. The molecule has 10 heteroatoms. The second-order valence-corrected chi connectivity index (χ2v) is 11.0. The molecule has 0 aliphatic rings. The number of sulfonamides is 1. The Morgan fingerprint density at radius 2 is 1.68 bits per heavy atom. The van der Waals surface area contributed by atoms with Crippen molar-refractivity contribution in [2.45, 2.75) is 18.7 Å². The second-order valence-electron chi connectivity index (χ2n) is 8.23. The van der Waals surface area contributed by atoms with Gasteiger partial charge in [-0.25, -0.2) is 18.2 Å². The van der Waals surface area contributed by atoms with E-state index in [-0.39, 0.29) is 10.7 Å². The van der Waals surface area contributed by atoms with Gasteiger partial charge in [-0.15, -0.1) is 0 Å². The van der Waals surface area contributed by atoms with Gasteiger partial charge in [-0.1, -0.05) is 34.1 Å². The summed E-state index contributed by atoms with van der Waals surface area (Å²) in [7, 11) is -4.01. The number of amides is 1. The normalized spacial score (nSPS) is 11.6. The topological polar surface area (TPSA) is 83.8 Å². The zero-order valence-electron chi connectivity index (χ0n) is 20.1. The van der Waals surface area contributed by atoms with Gasteiger partial charge in [0.15, 0.2) is 0 Å². The van der Waals surface area contributed by atoms with Crippen molar-refractivity contribution in [3.05, 3.63) is 112 Å². The number of aromatic nitrogens is 1. The molecule has 1 aromatic heterocycles. The van der Waals surface area contributed by atoms with Gasteiger partial charge in [-0.05, 0) is 80.6 Å². The average molecular weight is 583 g/mol. The average Bonchev–Trinajstić information content (AvgIpc) is 3.17. The summed E-state index contributed by atoms with van der Waals surface area (Å²) in [6.45, 7) is 3.34. The Morgan fingerprint density at radius 3 is 2.32 bits per heavy atom. The molecule has 0 bridgehead atoms. The number of benzene rings is 3. The van der Waals surface area contributed by atoms with E-state index in [0.29, 0.717) is 5.69 Å². The smallest absolute Gasteiger partial charge is 0.264 e. The Hall–Kier alpha value is -3.76. The highest BCUT2D eigenvalue weighted by Crippen LogP contribution is 2.25. The summed E-state index contributed by atoms with van der Waals surface area (Å²) in [5, 5.41) is 4.05. The maximum Gasteiger partial charge on any atom is 0.264 e. The van der Waals surface area contributed by atoms with Crippen LogP contribution < -0.4 is 9.73 Å². The minimum absolute atomic E-state index is 0.0717. The number of carbonyl (C=O) groups is 1. The number of hydrazone groups is 1. The molecule has 4 aromatic rings. The standard InChI is InChI=1S/C27H24BrFN4O3S/c1-19-16-21(20(2)33(19)25-14-10-23(29)11-15-25)17-30-31-27(34)18-32(24-12-8-22(28)9-13-24)37(35,36)26-6-4-3-5-7-26/h3-17H,18H2,1-2H3,(H,31,34)/b30-17+.